The zero-order chi connectivity index (χ0) is 16.7. The summed E-state index contributed by atoms with van der Waals surface area (Å²) in [6.07, 6.45) is 1.30. The molecule has 132 valence electrons. The lowest BCUT2D eigenvalue weighted by molar-refractivity contribution is -0.0982. The largest absolute Gasteiger partial charge is 0.409 e. The number of hydrogen-bond donors (Lipinski definition) is 3. The SMILES string of the molecule is CCCOCC(COC)(COCCN)COCC/C(N)=N\O. The fourth-order valence-corrected chi connectivity index (χ4v) is 1.88. The highest BCUT2D eigenvalue weighted by Gasteiger charge is 2.32. The highest BCUT2D eigenvalue weighted by atomic mass is 16.5. The Labute approximate surface area is 132 Å². The van der Waals surface area contributed by atoms with Gasteiger partial charge in [0.25, 0.3) is 0 Å². The molecule has 0 fully saturated rings. The summed E-state index contributed by atoms with van der Waals surface area (Å²) < 4.78 is 22.2. The van der Waals surface area contributed by atoms with Crippen molar-refractivity contribution < 1.29 is 24.2 Å². The molecule has 0 aromatic rings. The lowest BCUT2D eigenvalue weighted by Crippen LogP contribution is -2.42. The highest BCUT2D eigenvalue weighted by molar-refractivity contribution is 5.79. The molecule has 0 amide bonds. The van der Waals surface area contributed by atoms with Gasteiger partial charge in [0, 0.05) is 26.7 Å². The van der Waals surface area contributed by atoms with Crippen molar-refractivity contribution in [3.63, 3.8) is 0 Å². The Morgan fingerprint density at radius 2 is 1.64 bits per heavy atom. The fraction of sp³-hybridized carbons (Fsp3) is 0.929. The minimum absolute atomic E-state index is 0.138. The molecule has 0 aliphatic carbocycles. The topological polar surface area (TPSA) is 122 Å². The molecular weight excluding hydrogens is 290 g/mol. The number of hydrogen-bond acceptors (Lipinski definition) is 7. The first kappa shape index (κ1) is 21.1. The third-order valence-corrected chi connectivity index (χ3v) is 2.92. The first-order chi connectivity index (χ1) is 10.6. The molecule has 0 spiro atoms. The minimum Gasteiger partial charge on any atom is -0.409 e. The molecule has 22 heavy (non-hydrogen) atoms. The van der Waals surface area contributed by atoms with Crippen LogP contribution in [0.25, 0.3) is 0 Å². The Morgan fingerprint density at radius 3 is 2.14 bits per heavy atom. The number of amidine groups is 1. The lowest BCUT2D eigenvalue weighted by Gasteiger charge is -2.32. The van der Waals surface area contributed by atoms with Gasteiger partial charge in [-0.3, -0.25) is 0 Å². The van der Waals surface area contributed by atoms with Crippen molar-refractivity contribution in [1.82, 2.24) is 0 Å². The van der Waals surface area contributed by atoms with E-state index in [0.717, 1.165) is 6.42 Å². The van der Waals surface area contributed by atoms with Crippen molar-refractivity contribution in [2.75, 3.05) is 59.9 Å². The van der Waals surface area contributed by atoms with Crippen LogP contribution in [0.3, 0.4) is 0 Å². The van der Waals surface area contributed by atoms with E-state index in [-0.39, 0.29) is 5.84 Å². The molecule has 0 aromatic carbocycles. The van der Waals surface area contributed by atoms with Crippen LogP contribution in [-0.4, -0.2) is 70.9 Å². The number of nitrogens with zero attached hydrogens (tertiary/aromatic N) is 1. The van der Waals surface area contributed by atoms with E-state index in [1.54, 1.807) is 7.11 Å². The molecule has 0 rings (SSSR count). The van der Waals surface area contributed by atoms with Crippen LogP contribution >= 0.6 is 0 Å². The number of methoxy groups -OCH3 is 1. The molecule has 0 saturated heterocycles. The Balaban J connectivity index is 4.47. The molecule has 0 saturated carbocycles. The van der Waals surface area contributed by atoms with Crippen molar-refractivity contribution in [2.24, 2.45) is 22.0 Å². The van der Waals surface area contributed by atoms with Crippen molar-refractivity contribution in [1.29, 1.82) is 0 Å². The van der Waals surface area contributed by atoms with Gasteiger partial charge < -0.3 is 35.6 Å². The molecule has 1 unspecified atom stereocenters. The van der Waals surface area contributed by atoms with E-state index >= 15 is 0 Å². The third-order valence-electron chi connectivity index (χ3n) is 2.92. The maximum Gasteiger partial charge on any atom is 0.141 e. The molecular formula is C14H31N3O5. The average molecular weight is 321 g/mol. The number of rotatable bonds is 15. The minimum atomic E-state index is -0.399. The number of ether oxygens (including phenoxy) is 4. The normalized spacial score (nSPS) is 15.0. The molecule has 0 aliphatic rings. The Morgan fingerprint density at radius 1 is 1.05 bits per heavy atom. The second kappa shape index (κ2) is 13.7. The standard InChI is InChI=1S/C14H31N3O5/c1-3-6-20-10-14(9-19-2,12-22-8-5-15)11-21-7-4-13(16)17-18/h18H,3-12,15H2,1-2H3,(H2,16,17). The number of nitrogens with two attached hydrogens (primary N) is 2. The summed E-state index contributed by atoms with van der Waals surface area (Å²) in [6.45, 7) is 5.77. The van der Waals surface area contributed by atoms with E-state index in [0.29, 0.717) is 59.2 Å². The van der Waals surface area contributed by atoms with Crippen molar-refractivity contribution in [3.8, 4) is 0 Å². The van der Waals surface area contributed by atoms with Crippen LogP contribution in [0.15, 0.2) is 5.16 Å². The lowest BCUT2D eigenvalue weighted by atomic mass is 9.92. The van der Waals surface area contributed by atoms with Gasteiger partial charge in [0.15, 0.2) is 0 Å². The van der Waals surface area contributed by atoms with Crippen molar-refractivity contribution >= 4 is 5.84 Å². The first-order valence-electron chi connectivity index (χ1n) is 7.52. The monoisotopic (exact) mass is 321 g/mol. The van der Waals surface area contributed by atoms with E-state index < -0.39 is 5.41 Å². The maximum absolute atomic E-state index is 8.50. The van der Waals surface area contributed by atoms with E-state index in [4.69, 9.17) is 35.6 Å². The Hall–Kier alpha value is -0.930. The van der Waals surface area contributed by atoms with Gasteiger partial charge in [0.05, 0.1) is 45.1 Å². The molecule has 5 N–H and O–H groups in total. The summed E-state index contributed by atoms with van der Waals surface area (Å²) >= 11 is 0. The molecule has 0 heterocycles. The summed E-state index contributed by atoms with van der Waals surface area (Å²) in [7, 11) is 1.63. The van der Waals surface area contributed by atoms with Crippen LogP contribution in [0.4, 0.5) is 0 Å². The molecule has 8 nitrogen and oxygen atoms in total. The van der Waals surface area contributed by atoms with Crippen LogP contribution < -0.4 is 11.5 Å². The van der Waals surface area contributed by atoms with Gasteiger partial charge in [-0.05, 0) is 6.42 Å². The number of oxime groups is 1. The quantitative estimate of drug-likeness (QED) is 0.129. The van der Waals surface area contributed by atoms with Gasteiger partial charge in [0.2, 0.25) is 0 Å². The van der Waals surface area contributed by atoms with Crippen LogP contribution in [0.1, 0.15) is 19.8 Å². The second-order valence-electron chi connectivity index (χ2n) is 5.22. The van der Waals surface area contributed by atoms with Gasteiger partial charge >= 0.3 is 0 Å². The Kier molecular flexibility index (Phi) is 13.1. The third kappa shape index (κ3) is 9.91. The van der Waals surface area contributed by atoms with E-state index in [1.807, 2.05) is 0 Å². The smallest absolute Gasteiger partial charge is 0.141 e. The van der Waals surface area contributed by atoms with Gasteiger partial charge in [0.1, 0.15) is 5.84 Å². The summed E-state index contributed by atoms with van der Waals surface area (Å²) in [5.74, 6) is 0.138. The van der Waals surface area contributed by atoms with Crippen LogP contribution in [0, 0.1) is 5.41 Å². The summed E-state index contributed by atoms with van der Waals surface area (Å²) in [4.78, 5) is 0. The molecule has 0 radical (unpaired) electrons. The van der Waals surface area contributed by atoms with Crippen molar-refractivity contribution in [3.05, 3.63) is 0 Å². The van der Waals surface area contributed by atoms with Gasteiger partial charge in [-0.15, -0.1) is 0 Å². The summed E-state index contributed by atoms with van der Waals surface area (Å²) in [5, 5.41) is 11.4. The maximum atomic E-state index is 8.50. The first-order valence-corrected chi connectivity index (χ1v) is 7.52. The van der Waals surface area contributed by atoms with Crippen LogP contribution in [0.5, 0.6) is 0 Å². The van der Waals surface area contributed by atoms with Gasteiger partial charge in [-0.25, -0.2) is 0 Å². The molecule has 0 aromatic heterocycles. The fourth-order valence-electron chi connectivity index (χ4n) is 1.88. The zero-order valence-electron chi connectivity index (χ0n) is 13.8. The highest BCUT2D eigenvalue weighted by Crippen LogP contribution is 2.20. The summed E-state index contributed by atoms with van der Waals surface area (Å²) in [6, 6.07) is 0. The van der Waals surface area contributed by atoms with Gasteiger partial charge in [-0.1, -0.05) is 12.1 Å². The predicted molar refractivity (Wildman–Crippen MR) is 84.1 cm³/mol. The van der Waals surface area contributed by atoms with Crippen LogP contribution in [-0.2, 0) is 18.9 Å². The zero-order valence-corrected chi connectivity index (χ0v) is 13.8. The summed E-state index contributed by atoms with van der Waals surface area (Å²) in [5.41, 5.74) is 10.5. The predicted octanol–water partition coefficient (Wildman–Crippen LogP) is 0.174. The Bertz CT molecular complexity index is 280. The van der Waals surface area contributed by atoms with E-state index in [9.17, 15) is 0 Å². The average Bonchev–Trinajstić information content (AvgIpc) is 2.52. The second-order valence-corrected chi connectivity index (χ2v) is 5.22. The van der Waals surface area contributed by atoms with Gasteiger partial charge in [-0.2, -0.15) is 0 Å². The van der Waals surface area contributed by atoms with Crippen molar-refractivity contribution in [2.45, 2.75) is 19.8 Å². The molecule has 0 bridgehead atoms. The van der Waals surface area contributed by atoms with E-state index in [2.05, 4.69) is 12.1 Å². The molecule has 0 aliphatic heterocycles. The van der Waals surface area contributed by atoms with E-state index in [1.165, 1.54) is 0 Å². The molecule has 8 heteroatoms. The molecule has 1 atom stereocenters. The van der Waals surface area contributed by atoms with Crippen LogP contribution in [0.2, 0.25) is 0 Å².